The van der Waals surface area contributed by atoms with Gasteiger partial charge in [-0.15, -0.1) is 0 Å². The zero-order valence-electron chi connectivity index (χ0n) is 21.3. The standard InChI is InChI=1S/C26H22Cl2N6O5/c1-30-23(35)16(12-29)9-14-5-8-19(20(10-14)38-4)39-25-31-22-21(24(36)33(3)26(37)32(22)2)34(25)13-15-6-7-17(27)11-18(15)28/h5-11H,13H2,1-4H3,(H,30,35). The number of nitrogens with zero attached hydrogens (tertiary/aromatic N) is 5. The maximum absolute atomic E-state index is 13.2. The van der Waals surface area contributed by atoms with Crippen LogP contribution >= 0.6 is 23.2 Å². The minimum atomic E-state index is -0.564. The molecule has 1 amide bonds. The van der Waals surface area contributed by atoms with Crippen LogP contribution in [0.25, 0.3) is 17.2 Å². The van der Waals surface area contributed by atoms with Gasteiger partial charge in [0.05, 0.1) is 13.7 Å². The molecule has 0 radical (unpaired) electrons. The highest BCUT2D eigenvalue weighted by Crippen LogP contribution is 2.34. The smallest absolute Gasteiger partial charge is 0.332 e. The van der Waals surface area contributed by atoms with Crippen LogP contribution in [0.15, 0.2) is 51.6 Å². The van der Waals surface area contributed by atoms with Gasteiger partial charge in [0, 0.05) is 31.2 Å². The van der Waals surface area contributed by atoms with E-state index in [-0.39, 0.29) is 40.8 Å². The molecule has 2 aromatic heterocycles. The van der Waals surface area contributed by atoms with Gasteiger partial charge in [0.1, 0.15) is 11.6 Å². The summed E-state index contributed by atoms with van der Waals surface area (Å²) in [5.41, 5.74) is 0.183. The molecule has 2 aromatic carbocycles. The first-order valence-corrected chi connectivity index (χ1v) is 12.1. The minimum absolute atomic E-state index is 0.000941. The fourth-order valence-corrected chi connectivity index (χ4v) is 4.35. The number of likely N-dealkylation sites (N-methyl/N-ethyl adjacent to an activating group) is 1. The number of ether oxygens (including phenoxy) is 2. The Labute approximate surface area is 232 Å². The molecule has 0 unspecified atom stereocenters. The number of amides is 1. The largest absolute Gasteiger partial charge is 0.493 e. The van der Waals surface area contributed by atoms with Gasteiger partial charge < -0.3 is 14.8 Å². The molecule has 0 spiro atoms. The van der Waals surface area contributed by atoms with E-state index in [1.54, 1.807) is 36.4 Å². The van der Waals surface area contributed by atoms with E-state index >= 15 is 0 Å². The zero-order chi connectivity index (χ0) is 28.4. The normalized spacial score (nSPS) is 11.4. The first kappa shape index (κ1) is 27.5. The SMILES string of the molecule is CNC(=O)C(C#N)=Cc1ccc(Oc2nc3c(c(=O)n(C)c(=O)n3C)n2Cc2ccc(Cl)cc2Cl)c(OC)c1. The van der Waals surface area contributed by atoms with Crippen LogP contribution in [-0.2, 0) is 25.4 Å². The van der Waals surface area contributed by atoms with Crippen molar-refractivity contribution >= 4 is 46.3 Å². The number of nitrogens with one attached hydrogen (secondary N) is 1. The van der Waals surface area contributed by atoms with Crippen molar-refractivity contribution in [1.29, 1.82) is 5.26 Å². The number of aryl methyl sites for hydroxylation is 1. The molecule has 0 aliphatic heterocycles. The predicted molar refractivity (Wildman–Crippen MR) is 147 cm³/mol. The van der Waals surface area contributed by atoms with Gasteiger partial charge >= 0.3 is 11.7 Å². The van der Waals surface area contributed by atoms with Gasteiger partial charge in [-0.3, -0.25) is 23.3 Å². The third-order valence-electron chi connectivity index (χ3n) is 5.95. The number of methoxy groups -OCH3 is 1. The van der Waals surface area contributed by atoms with E-state index in [1.807, 2.05) is 6.07 Å². The number of halogens is 2. The summed E-state index contributed by atoms with van der Waals surface area (Å²) in [7, 11) is 5.73. The lowest BCUT2D eigenvalue weighted by molar-refractivity contribution is -0.116. The molecule has 39 heavy (non-hydrogen) atoms. The van der Waals surface area contributed by atoms with E-state index in [4.69, 9.17) is 32.7 Å². The molecule has 0 fully saturated rings. The van der Waals surface area contributed by atoms with Crippen LogP contribution in [0.4, 0.5) is 0 Å². The number of nitriles is 1. The van der Waals surface area contributed by atoms with Crippen molar-refractivity contribution in [3.8, 4) is 23.6 Å². The number of fused-ring (bicyclic) bond motifs is 1. The summed E-state index contributed by atoms with van der Waals surface area (Å²) in [6, 6.07) is 11.6. The summed E-state index contributed by atoms with van der Waals surface area (Å²) in [4.78, 5) is 42.1. The minimum Gasteiger partial charge on any atom is -0.493 e. The van der Waals surface area contributed by atoms with E-state index in [0.29, 0.717) is 21.2 Å². The molecule has 0 saturated carbocycles. The number of imidazole rings is 1. The van der Waals surface area contributed by atoms with Crippen LogP contribution in [0.1, 0.15) is 11.1 Å². The first-order chi connectivity index (χ1) is 18.6. The summed E-state index contributed by atoms with van der Waals surface area (Å²) in [6.07, 6.45) is 1.41. The van der Waals surface area contributed by atoms with Gasteiger partial charge in [0.2, 0.25) is 0 Å². The van der Waals surface area contributed by atoms with Crippen molar-refractivity contribution < 1.29 is 14.3 Å². The highest BCUT2D eigenvalue weighted by Gasteiger charge is 2.22. The molecular formula is C26H22Cl2N6O5. The Kier molecular flexibility index (Phi) is 7.80. The molecule has 1 N–H and O–H groups in total. The van der Waals surface area contributed by atoms with E-state index in [1.165, 1.54) is 43.5 Å². The fraction of sp³-hybridized carbons (Fsp3) is 0.192. The Morgan fingerprint density at radius 2 is 1.87 bits per heavy atom. The second-order valence-electron chi connectivity index (χ2n) is 8.36. The summed E-state index contributed by atoms with van der Waals surface area (Å²) in [5, 5.41) is 12.5. The number of carbonyl (C=O) groups excluding carboxylic acids is 1. The maximum atomic E-state index is 13.2. The molecular weight excluding hydrogens is 547 g/mol. The third-order valence-corrected chi connectivity index (χ3v) is 6.54. The molecule has 0 aliphatic rings. The second kappa shape index (κ2) is 11.1. The molecule has 0 aliphatic carbocycles. The Hall–Kier alpha value is -4.53. The first-order valence-electron chi connectivity index (χ1n) is 11.4. The predicted octanol–water partition coefficient (Wildman–Crippen LogP) is 3.24. The molecule has 11 nitrogen and oxygen atoms in total. The molecule has 13 heteroatoms. The van der Waals surface area contributed by atoms with Crippen molar-refractivity contribution in [1.82, 2.24) is 24.0 Å². The van der Waals surface area contributed by atoms with Crippen molar-refractivity contribution in [3.05, 3.63) is 84.0 Å². The number of aromatic nitrogens is 4. The van der Waals surface area contributed by atoms with Gasteiger partial charge in [0.15, 0.2) is 22.7 Å². The third kappa shape index (κ3) is 5.25. The molecule has 0 bridgehead atoms. The summed E-state index contributed by atoms with van der Waals surface area (Å²) in [6.45, 7) is 0.0794. The van der Waals surface area contributed by atoms with Gasteiger partial charge in [-0.05, 0) is 41.5 Å². The lowest BCUT2D eigenvalue weighted by Crippen LogP contribution is -2.37. The summed E-state index contributed by atoms with van der Waals surface area (Å²) >= 11 is 12.5. The van der Waals surface area contributed by atoms with Crippen LogP contribution in [0, 0.1) is 11.3 Å². The highest BCUT2D eigenvalue weighted by molar-refractivity contribution is 6.35. The van der Waals surface area contributed by atoms with E-state index in [2.05, 4.69) is 10.3 Å². The van der Waals surface area contributed by atoms with Crippen molar-refractivity contribution in [3.63, 3.8) is 0 Å². The van der Waals surface area contributed by atoms with Gasteiger partial charge in [-0.2, -0.15) is 10.2 Å². The number of hydrogen-bond donors (Lipinski definition) is 1. The lowest BCUT2D eigenvalue weighted by Gasteiger charge is -2.13. The van der Waals surface area contributed by atoms with Gasteiger partial charge in [0.25, 0.3) is 11.5 Å². The van der Waals surface area contributed by atoms with Gasteiger partial charge in [-0.25, -0.2) is 4.79 Å². The quantitative estimate of drug-likeness (QED) is 0.267. The van der Waals surface area contributed by atoms with Crippen LogP contribution in [0.5, 0.6) is 17.5 Å². The number of hydrogen-bond acceptors (Lipinski definition) is 7. The molecule has 4 rings (SSSR count). The van der Waals surface area contributed by atoms with Crippen LogP contribution in [-0.4, -0.2) is 38.7 Å². The monoisotopic (exact) mass is 568 g/mol. The zero-order valence-corrected chi connectivity index (χ0v) is 22.8. The topological polar surface area (TPSA) is 133 Å². The molecule has 200 valence electrons. The number of benzene rings is 2. The van der Waals surface area contributed by atoms with Crippen LogP contribution in [0.2, 0.25) is 10.0 Å². The van der Waals surface area contributed by atoms with E-state index in [9.17, 15) is 19.6 Å². The van der Waals surface area contributed by atoms with Crippen molar-refractivity contribution in [2.45, 2.75) is 6.54 Å². The lowest BCUT2D eigenvalue weighted by atomic mass is 10.1. The average molecular weight is 569 g/mol. The molecule has 0 atom stereocenters. The Bertz CT molecular complexity index is 1810. The van der Waals surface area contributed by atoms with Crippen LogP contribution < -0.4 is 26.0 Å². The van der Waals surface area contributed by atoms with E-state index in [0.717, 1.165) is 4.57 Å². The maximum Gasteiger partial charge on any atom is 0.332 e. The number of carbonyl (C=O) groups is 1. The second-order valence-corrected chi connectivity index (χ2v) is 9.20. The van der Waals surface area contributed by atoms with Crippen LogP contribution in [0.3, 0.4) is 0 Å². The number of rotatable bonds is 7. The van der Waals surface area contributed by atoms with Gasteiger partial charge in [-0.1, -0.05) is 35.3 Å². The molecule has 0 saturated heterocycles. The van der Waals surface area contributed by atoms with E-state index < -0.39 is 17.2 Å². The summed E-state index contributed by atoms with van der Waals surface area (Å²) in [5.74, 6) is -0.0323. The molecule has 2 heterocycles. The Balaban J connectivity index is 1.87. The highest BCUT2D eigenvalue weighted by atomic mass is 35.5. The Morgan fingerprint density at radius 3 is 2.51 bits per heavy atom. The fourth-order valence-electron chi connectivity index (χ4n) is 3.88. The van der Waals surface area contributed by atoms with Crippen molar-refractivity contribution in [2.75, 3.05) is 14.2 Å². The van der Waals surface area contributed by atoms with Crippen molar-refractivity contribution in [2.24, 2.45) is 14.1 Å². The average Bonchev–Trinajstić information content (AvgIpc) is 3.28. The summed E-state index contributed by atoms with van der Waals surface area (Å²) < 4.78 is 15.3. The molecule has 4 aromatic rings. The Morgan fingerprint density at radius 1 is 1.13 bits per heavy atom.